The third kappa shape index (κ3) is 3.02. The Kier molecular flexibility index (Phi) is 4.67. The van der Waals surface area contributed by atoms with Crippen LogP contribution in [0.4, 0.5) is 0 Å². The van der Waals surface area contributed by atoms with E-state index in [0.29, 0.717) is 11.8 Å². The highest BCUT2D eigenvalue weighted by molar-refractivity contribution is 5.58. The third-order valence-electron chi connectivity index (χ3n) is 7.27. The number of allylic oxidation sites excluding steroid dienone is 4. The monoisotopic (exact) mass is 364 g/mol. The zero-order valence-electron chi connectivity index (χ0n) is 17.1. The smallest absolute Gasteiger partial charge is 0.104 e. The molecule has 3 nitrogen and oxygen atoms in total. The lowest BCUT2D eigenvalue weighted by Crippen LogP contribution is -2.44. The summed E-state index contributed by atoms with van der Waals surface area (Å²) in [5.74, 6) is 2.04. The largest absolute Gasteiger partial charge is 0.469 e. The van der Waals surface area contributed by atoms with Crippen molar-refractivity contribution in [3.05, 3.63) is 70.3 Å². The SMILES string of the molecule is CC1=C(C)C2=C(N)C(C)(CN3CCC(c4ccccc4)CC3)C(C)C2=CO1. The lowest BCUT2D eigenvalue weighted by Gasteiger charge is -2.40. The molecule has 2 aliphatic heterocycles. The quantitative estimate of drug-likeness (QED) is 0.825. The number of rotatable bonds is 3. The van der Waals surface area contributed by atoms with Crippen LogP contribution < -0.4 is 5.73 Å². The summed E-state index contributed by atoms with van der Waals surface area (Å²) in [5.41, 5.74) is 13.0. The topological polar surface area (TPSA) is 38.5 Å². The number of fused-ring (bicyclic) bond motifs is 1. The molecule has 0 amide bonds. The Morgan fingerprint density at radius 2 is 1.81 bits per heavy atom. The van der Waals surface area contributed by atoms with Crippen molar-refractivity contribution >= 4 is 0 Å². The van der Waals surface area contributed by atoms with Gasteiger partial charge in [0.15, 0.2) is 0 Å². The van der Waals surface area contributed by atoms with Crippen LogP contribution in [0.15, 0.2) is 64.8 Å². The van der Waals surface area contributed by atoms with Crippen LogP contribution in [0.3, 0.4) is 0 Å². The van der Waals surface area contributed by atoms with Crippen LogP contribution in [0.1, 0.15) is 52.0 Å². The normalized spacial score (nSPS) is 29.6. The predicted molar refractivity (Wildman–Crippen MR) is 111 cm³/mol. The molecule has 4 rings (SSSR count). The summed E-state index contributed by atoms with van der Waals surface area (Å²) in [6.45, 7) is 12.1. The Labute approximate surface area is 163 Å². The number of likely N-dealkylation sites (tertiary alicyclic amines) is 1. The van der Waals surface area contributed by atoms with Crippen molar-refractivity contribution in [1.82, 2.24) is 4.90 Å². The fourth-order valence-electron chi connectivity index (χ4n) is 5.07. The number of hydrogen-bond acceptors (Lipinski definition) is 3. The molecule has 0 bridgehead atoms. The predicted octanol–water partition coefficient (Wildman–Crippen LogP) is 4.94. The molecule has 27 heavy (non-hydrogen) atoms. The first kappa shape index (κ1) is 18.4. The maximum absolute atomic E-state index is 6.77. The van der Waals surface area contributed by atoms with Crippen molar-refractivity contribution in [1.29, 1.82) is 0 Å². The Balaban J connectivity index is 1.49. The van der Waals surface area contributed by atoms with E-state index in [2.05, 4.69) is 56.0 Å². The minimum absolute atomic E-state index is 0.0318. The van der Waals surface area contributed by atoms with Gasteiger partial charge in [0.05, 0.1) is 6.26 Å². The van der Waals surface area contributed by atoms with Crippen molar-refractivity contribution in [2.45, 2.75) is 46.5 Å². The minimum atomic E-state index is -0.0318. The number of piperidine rings is 1. The first-order valence-electron chi connectivity index (χ1n) is 10.2. The molecule has 1 aromatic rings. The second kappa shape index (κ2) is 6.87. The zero-order chi connectivity index (χ0) is 19.2. The zero-order valence-corrected chi connectivity index (χ0v) is 17.1. The van der Waals surface area contributed by atoms with E-state index >= 15 is 0 Å². The van der Waals surface area contributed by atoms with Gasteiger partial charge < -0.3 is 15.4 Å². The van der Waals surface area contributed by atoms with Crippen LogP contribution in [0, 0.1) is 11.3 Å². The molecule has 1 saturated heterocycles. The van der Waals surface area contributed by atoms with Gasteiger partial charge in [0.25, 0.3) is 0 Å². The van der Waals surface area contributed by atoms with Crippen LogP contribution in [-0.2, 0) is 4.74 Å². The van der Waals surface area contributed by atoms with Crippen LogP contribution in [0.25, 0.3) is 0 Å². The molecule has 2 N–H and O–H groups in total. The summed E-state index contributed by atoms with van der Waals surface area (Å²) in [5, 5.41) is 0. The molecule has 2 atom stereocenters. The Bertz CT molecular complexity index is 812. The Hall–Kier alpha value is -2.00. The van der Waals surface area contributed by atoms with E-state index in [1.165, 1.54) is 35.1 Å². The van der Waals surface area contributed by atoms with Crippen molar-refractivity contribution in [3.63, 3.8) is 0 Å². The van der Waals surface area contributed by atoms with Gasteiger partial charge in [0, 0.05) is 28.8 Å². The number of benzene rings is 1. The fraction of sp³-hybridized carbons (Fsp3) is 0.500. The molecule has 2 heterocycles. The fourth-order valence-corrected chi connectivity index (χ4v) is 5.07. The van der Waals surface area contributed by atoms with Gasteiger partial charge in [-0.1, -0.05) is 44.2 Å². The van der Waals surface area contributed by atoms with Crippen LogP contribution in [0.5, 0.6) is 0 Å². The van der Waals surface area contributed by atoms with Crippen LogP contribution in [-0.4, -0.2) is 24.5 Å². The molecule has 0 saturated carbocycles. The number of nitrogens with two attached hydrogens (primary N) is 1. The first-order valence-corrected chi connectivity index (χ1v) is 10.2. The van der Waals surface area contributed by atoms with Gasteiger partial charge in [-0.25, -0.2) is 0 Å². The summed E-state index contributed by atoms with van der Waals surface area (Å²) in [4.78, 5) is 2.62. The standard InChI is InChI=1S/C24H32N2O/c1-16-18(3)27-14-21-17(2)24(4,23(25)22(16)21)15-26-12-10-20(11-13-26)19-8-6-5-7-9-19/h5-9,14,17,20H,10-13,15,25H2,1-4H3. The van der Waals surface area contributed by atoms with E-state index in [0.717, 1.165) is 31.1 Å². The van der Waals surface area contributed by atoms with E-state index in [9.17, 15) is 0 Å². The van der Waals surface area contributed by atoms with E-state index in [1.807, 2.05) is 13.2 Å². The second-order valence-corrected chi connectivity index (χ2v) is 8.76. The summed E-state index contributed by atoms with van der Waals surface area (Å²) < 4.78 is 5.78. The Morgan fingerprint density at radius 3 is 2.48 bits per heavy atom. The van der Waals surface area contributed by atoms with Crippen molar-refractivity contribution in [2.75, 3.05) is 19.6 Å². The van der Waals surface area contributed by atoms with Gasteiger partial charge in [0.1, 0.15) is 5.76 Å². The van der Waals surface area contributed by atoms with Crippen LogP contribution in [0.2, 0.25) is 0 Å². The minimum Gasteiger partial charge on any atom is -0.469 e. The maximum atomic E-state index is 6.77. The summed E-state index contributed by atoms with van der Waals surface area (Å²) in [6.07, 6.45) is 4.39. The van der Waals surface area contributed by atoms with Gasteiger partial charge in [-0.15, -0.1) is 0 Å². The maximum Gasteiger partial charge on any atom is 0.104 e. The van der Waals surface area contributed by atoms with Gasteiger partial charge in [-0.05, 0) is 62.8 Å². The highest BCUT2D eigenvalue weighted by atomic mass is 16.5. The number of hydrogen-bond donors (Lipinski definition) is 1. The van der Waals surface area contributed by atoms with Gasteiger partial charge in [-0.2, -0.15) is 0 Å². The lowest BCUT2D eigenvalue weighted by atomic mass is 9.77. The molecule has 1 aromatic carbocycles. The molecular formula is C24H32N2O. The van der Waals surface area contributed by atoms with E-state index in [4.69, 9.17) is 10.5 Å². The van der Waals surface area contributed by atoms with Crippen molar-refractivity contribution in [3.8, 4) is 0 Å². The Morgan fingerprint density at radius 1 is 1.15 bits per heavy atom. The molecule has 0 aromatic heterocycles. The van der Waals surface area contributed by atoms with Gasteiger partial charge in [0.2, 0.25) is 0 Å². The van der Waals surface area contributed by atoms with Crippen molar-refractivity contribution in [2.24, 2.45) is 17.1 Å². The van der Waals surface area contributed by atoms with Gasteiger partial charge >= 0.3 is 0 Å². The first-order chi connectivity index (χ1) is 12.9. The second-order valence-electron chi connectivity index (χ2n) is 8.76. The van der Waals surface area contributed by atoms with E-state index in [1.54, 1.807) is 0 Å². The molecule has 1 fully saturated rings. The molecular weight excluding hydrogens is 332 g/mol. The van der Waals surface area contributed by atoms with E-state index < -0.39 is 0 Å². The van der Waals surface area contributed by atoms with E-state index in [-0.39, 0.29) is 5.41 Å². The van der Waals surface area contributed by atoms with Gasteiger partial charge in [-0.3, -0.25) is 0 Å². The summed E-state index contributed by atoms with van der Waals surface area (Å²) in [7, 11) is 0. The number of nitrogens with zero attached hydrogens (tertiary/aromatic N) is 1. The molecule has 2 unspecified atom stereocenters. The third-order valence-corrected chi connectivity index (χ3v) is 7.27. The molecule has 1 aliphatic carbocycles. The highest BCUT2D eigenvalue weighted by Gasteiger charge is 2.47. The lowest BCUT2D eigenvalue weighted by molar-refractivity contribution is 0.133. The molecule has 3 aliphatic rings. The number of ether oxygens (including phenoxy) is 1. The summed E-state index contributed by atoms with van der Waals surface area (Å²) in [6, 6.07) is 11.0. The van der Waals surface area contributed by atoms with Crippen molar-refractivity contribution < 1.29 is 4.74 Å². The molecule has 3 heteroatoms. The molecule has 0 radical (unpaired) electrons. The molecule has 0 spiro atoms. The average molecular weight is 365 g/mol. The highest BCUT2D eigenvalue weighted by Crippen LogP contribution is 2.52. The summed E-state index contributed by atoms with van der Waals surface area (Å²) >= 11 is 0. The van der Waals surface area contributed by atoms with Crippen LogP contribution >= 0.6 is 0 Å². The molecule has 144 valence electrons. The average Bonchev–Trinajstić information content (AvgIpc) is 2.87.